The molecule has 0 spiro atoms. The van der Waals surface area contributed by atoms with Crippen LogP contribution in [0.4, 0.5) is 4.39 Å². The molecule has 0 saturated carbocycles. The summed E-state index contributed by atoms with van der Waals surface area (Å²) in [4.78, 5) is 0. The standard InChI is InChI=1S/C6H2Cl3F/c7-3-1-2-4(10)6(9)5(3)8/h1-2H. The van der Waals surface area contributed by atoms with Gasteiger partial charge in [-0.15, -0.1) is 0 Å². The van der Waals surface area contributed by atoms with Crippen molar-refractivity contribution in [2.75, 3.05) is 0 Å². The molecule has 1 rings (SSSR count). The van der Waals surface area contributed by atoms with Crippen molar-refractivity contribution in [1.82, 2.24) is 0 Å². The van der Waals surface area contributed by atoms with Gasteiger partial charge < -0.3 is 0 Å². The van der Waals surface area contributed by atoms with E-state index in [1.54, 1.807) is 0 Å². The van der Waals surface area contributed by atoms with E-state index in [0.717, 1.165) is 6.07 Å². The van der Waals surface area contributed by atoms with Gasteiger partial charge in [0.1, 0.15) is 5.82 Å². The smallest absolute Gasteiger partial charge is 0.143 e. The largest absolute Gasteiger partial charge is 0.205 e. The van der Waals surface area contributed by atoms with Crippen LogP contribution in [0.1, 0.15) is 0 Å². The highest BCUT2D eigenvalue weighted by Gasteiger charge is 2.06. The lowest BCUT2D eigenvalue weighted by Gasteiger charge is -1.97. The van der Waals surface area contributed by atoms with Crippen LogP contribution in [0.15, 0.2) is 12.1 Å². The maximum atomic E-state index is 12.5. The second-order valence-corrected chi connectivity index (χ2v) is 2.82. The highest BCUT2D eigenvalue weighted by atomic mass is 35.5. The van der Waals surface area contributed by atoms with E-state index in [1.165, 1.54) is 6.07 Å². The molecule has 4 heteroatoms. The summed E-state index contributed by atoms with van der Waals surface area (Å²) in [5, 5.41) is 0.186. The summed E-state index contributed by atoms with van der Waals surface area (Å²) < 4.78 is 12.5. The van der Waals surface area contributed by atoms with Crippen molar-refractivity contribution in [2.24, 2.45) is 0 Å². The van der Waals surface area contributed by atoms with Crippen molar-refractivity contribution in [3.63, 3.8) is 0 Å². The summed E-state index contributed by atoms with van der Waals surface area (Å²) in [5.41, 5.74) is 0. The average Bonchev–Trinajstić information content (AvgIpc) is 1.93. The van der Waals surface area contributed by atoms with E-state index in [1.807, 2.05) is 0 Å². The van der Waals surface area contributed by atoms with Crippen molar-refractivity contribution in [1.29, 1.82) is 0 Å². The van der Waals surface area contributed by atoms with Crippen molar-refractivity contribution in [2.45, 2.75) is 0 Å². The predicted molar refractivity (Wildman–Crippen MR) is 41.4 cm³/mol. The lowest BCUT2D eigenvalue weighted by atomic mass is 10.3. The lowest BCUT2D eigenvalue weighted by molar-refractivity contribution is 0.628. The van der Waals surface area contributed by atoms with Gasteiger partial charge in [-0.3, -0.25) is 0 Å². The number of hydrogen-bond donors (Lipinski definition) is 0. The van der Waals surface area contributed by atoms with E-state index >= 15 is 0 Å². The third-order valence-corrected chi connectivity index (χ3v) is 2.26. The zero-order chi connectivity index (χ0) is 7.72. The number of benzene rings is 1. The zero-order valence-corrected chi connectivity index (χ0v) is 6.93. The van der Waals surface area contributed by atoms with Crippen molar-refractivity contribution in [3.05, 3.63) is 33.0 Å². The Morgan fingerprint density at radius 1 is 1.00 bits per heavy atom. The molecular formula is C6H2Cl3F. The van der Waals surface area contributed by atoms with E-state index in [9.17, 15) is 4.39 Å². The fourth-order valence-electron chi connectivity index (χ4n) is 0.502. The van der Waals surface area contributed by atoms with Crippen molar-refractivity contribution < 1.29 is 4.39 Å². The first-order valence-corrected chi connectivity index (χ1v) is 3.55. The minimum absolute atomic E-state index is 0.0586. The van der Waals surface area contributed by atoms with Gasteiger partial charge in [0.25, 0.3) is 0 Å². The fraction of sp³-hybridized carbons (Fsp3) is 0. The molecule has 0 atom stereocenters. The molecule has 0 N–H and O–H groups in total. The SMILES string of the molecule is Fc1ccc(Cl)c(Cl)c1Cl. The molecule has 0 saturated heterocycles. The molecule has 0 nitrogen and oxygen atoms in total. The first-order valence-electron chi connectivity index (χ1n) is 2.42. The molecule has 0 aliphatic carbocycles. The van der Waals surface area contributed by atoms with E-state index < -0.39 is 5.82 Å². The van der Waals surface area contributed by atoms with Crippen LogP contribution in [0.2, 0.25) is 15.1 Å². The molecule has 0 unspecified atom stereocenters. The summed E-state index contributed by atoms with van der Waals surface area (Å²) in [7, 11) is 0. The highest BCUT2D eigenvalue weighted by molar-refractivity contribution is 6.47. The van der Waals surface area contributed by atoms with E-state index in [0.29, 0.717) is 0 Å². The quantitative estimate of drug-likeness (QED) is 0.440. The third-order valence-electron chi connectivity index (χ3n) is 0.988. The van der Waals surface area contributed by atoms with Gasteiger partial charge in [0.2, 0.25) is 0 Å². The highest BCUT2D eigenvalue weighted by Crippen LogP contribution is 2.31. The van der Waals surface area contributed by atoms with Crippen molar-refractivity contribution >= 4 is 34.8 Å². The van der Waals surface area contributed by atoms with Crippen molar-refractivity contribution in [3.8, 4) is 0 Å². The van der Waals surface area contributed by atoms with Gasteiger partial charge in [-0.25, -0.2) is 4.39 Å². The fourth-order valence-corrected chi connectivity index (χ4v) is 1.03. The average molecular weight is 199 g/mol. The minimum Gasteiger partial charge on any atom is -0.205 e. The van der Waals surface area contributed by atoms with Crippen LogP contribution in [0.5, 0.6) is 0 Å². The second kappa shape index (κ2) is 2.95. The first kappa shape index (κ1) is 8.12. The summed E-state index contributed by atoms with van der Waals surface area (Å²) in [5.74, 6) is -0.559. The van der Waals surface area contributed by atoms with Crippen LogP contribution < -0.4 is 0 Å². The van der Waals surface area contributed by atoms with Gasteiger partial charge in [0, 0.05) is 0 Å². The Hall–Kier alpha value is 0.0200. The molecule has 10 heavy (non-hydrogen) atoms. The molecule has 1 aromatic carbocycles. The topological polar surface area (TPSA) is 0 Å². The first-order chi connectivity index (χ1) is 4.63. The van der Waals surface area contributed by atoms with Gasteiger partial charge in [-0.1, -0.05) is 34.8 Å². The van der Waals surface area contributed by atoms with E-state index in [4.69, 9.17) is 34.8 Å². The second-order valence-electron chi connectivity index (χ2n) is 1.66. The van der Waals surface area contributed by atoms with Gasteiger partial charge >= 0.3 is 0 Å². The van der Waals surface area contributed by atoms with E-state index in [-0.39, 0.29) is 15.1 Å². The van der Waals surface area contributed by atoms with Gasteiger partial charge in [-0.2, -0.15) is 0 Å². The Morgan fingerprint density at radius 2 is 1.60 bits per heavy atom. The van der Waals surface area contributed by atoms with Crippen LogP contribution in [-0.2, 0) is 0 Å². The van der Waals surface area contributed by atoms with Gasteiger partial charge in [-0.05, 0) is 12.1 Å². The van der Waals surface area contributed by atoms with Gasteiger partial charge in [0.05, 0.1) is 15.1 Å². The molecule has 0 amide bonds. The summed E-state index contributed by atoms with van der Waals surface area (Å²) >= 11 is 16.4. The summed E-state index contributed by atoms with van der Waals surface area (Å²) in [6, 6.07) is 2.52. The number of rotatable bonds is 0. The molecule has 0 fully saturated rings. The van der Waals surface area contributed by atoms with Crippen LogP contribution in [-0.4, -0.2) is 0 Å². The molecule has 1 aromatic rings. The monoisotopic (exact) mass is 198 g/mol. The molecule has 0 aliphatic heterocycles. The maximum absolute atomic E-state index is 12.5. The van der Waals surface area contributed by atoms with Gasteiger partial charge in [0.15, 0.2) is 0 Å². The molecule has 0 bridgehead atoms. The van der Waals surface area contributed by atoms with Crippen LogP contribution in [0, 0.1) is 5.82 Å². The molecule has 0 aliphatic rings. The Kier molecular flexibility index (Phi) is 2.40. The molecular weight excluding hydrogens is 197 g/mol. The molecule has 0 aromatic heterocycles. The molecule has 0 heterocycles. The summed E-state index contributed by atoms with van der Waals surface area (Å²) in [6.45, 7) is 0. The van der Waals surface area contributed by atoms with Crippen LogP contribution in [0.25, 0.3) is 0 Å². The van der Waals surface area contributed by atoms with E-state index in [2.05, 4.69) is 0 Å². The summed E-state index contributed by atoms with van der Waals surface area (Å²) in [6.07, 6.45) is 0. The lowest BCUT2D eigenvalue weighted by Crippen LogP contribution is -1.77. The van der Waals surface area contributed by atoms with Crippen LogP contribution in [0.3, 0.4) is 0 Å². The Balaban J connectivity index is 3.34. The third kappa shape index (κ3) is 1.36. The number of hydrogen-bond acceptors (Lipinski definition) is 0. The predicted octanol–water partition coefficient (Wildman–Crippen LogP) is 3.79. The Morgan fingerprint density at radius 3 is 2.10 bits per heavy atom. The van der Waals surface area contributed by atoms with Crippen LogP contribution >= 0.6 is 34.8 Å². The molecule has 54 valence electrons. The number of halogens is 4. The molecule has 0 radical (unpaired) electrons. The Labute approximate surface area is 72.5 Å². The normalized spacial score (nSPS) is 10.0. The Bertz CT molecular complexity index is 232. The maximum Gasteiger partial charge on any atom is 0.143 e. The zero-order valence-electron chi connectivity index (χ0n) is 4.67. The minimum atomic E-state index is -0.559.